The van der Waals surface area contributed by atoms with E-state index in [0.717, 1.165) is 11.3 Å². The van der Waals surface area contributed by atoms with Gasteiger partial charge >= 0.3 is 0 Å². The van der Waals surface area contributed by atoms with E-state index < -0.39 is 10.0 Å². The zero-order chi connectivity index (χ0) is 15.3. The Balaban J connectivity index is 2.05. The van der Waals surface area contributed by atoms with Gasteiger partial charge in [0.1, 0.15) is 0 Å². The van der Waals surface area contributed by atoms with Crippen molar-refractivity contribution in [3.8, 4) is 0 Å². The molecule has 0 saturated carbocycles. The summed E-state index contributed by atoms with van der Waals surface area (Å²) in [7, 11) is -3.23. The lowest BCUT2D eigenvalue weighted by Crippen LogP contribution is -2.14. The van der Waals surface area contributed by atoms with Crippen LogP contribution in [0, 0.1) is 0 Å². The van der Waals surface area contributed by atoms with Gasteiger partial charge in [-0.1, -0.05) is 12.1 Å². The van der Waals surface area contributed by atoms with Crippen LogP contribution in [0.1, 0.15) is 25.5 Å². The number of hydrogen-bond acceptors (Lipinski definition) is 4. The Kier molecular flexibility index (Phi) is 4.80. The third-order valence-corrected chi connectivity index (χ3v) is 4.42. The highest BCUT2D eigenvalue weighted by atomic mass is 32.2. The van der Waals surface area contributed by atoms with Crippen LogP contribution in [-0.2, 0) is 10.0 Å². The molecule has 1 aromatic heterocycles. The van der Waals surface area contributed by atoms with Gasteiger partial charge in [-0.25, -0.2) is 8.42 Å². The zero-order valence-electron chi connectivity index (χ0n) is 12.1. The first-order valence-corrected chi connectivity index (χ1v) is 8.42. The Morgan fingerprint density at radius 3 is 2.43 bits per heavy atom. The van der Waals surface area contributed by atoms with Crippen LogP contribution in [0.5, 0.6) is 0 Å². The van der Waals surface area contributed by atoms with Crippen molar-refractivity contribution in [2.24, 2.45) is 0 Å². The molecule has 21 heavy (non-hydrogen) atoms. The largest absolute Gasteiger partial charge is 0.377 e. The molecule has 112 valence electrons. The molecule has 1 heterocycles. The number of pyridine rings is 1. The fourth-order valence-electron chi connectivity index (χ4n) is 1.87. The average molecular weight is 305 g/mol. The summed E-state index contributed by atoms with van der Waals surface area (Å²) in [6.07, 6.45) is 3.49. The Hall–Kier alpha value is -2.08. The molecule has 5 nitrogen and oxygen atoms in total. The fraction of sp³-hybridized carbons (Fsp3) is 0.267. The molecule has 1 aromatic carbocycles. The van der Waals surface area contributed by atoms with Crippen LogP contribution in [0.3, 0.4) is 0 Å². The van der Waals surface area contributed by atoms with Crippen molar-refractivity contribution < 1.29 is 8.42 Å². The molecule has 0 aliphatic rings. The summed E-state index contributed by atoms with van der Waals surface area (Å²) in [6.45, 7) is 3.65. The molecule has 0 fully saturated rings. The first kappa shape index (κ1) is 15.3. The van der Waals surface area contributed by atoms with E-state index in [9.17, 15) is 8.42 Å². The molecule has 6 heteroatoms. The molecule has 2 N–H and O–H groups in total. The van der Waals surface area contributed by atoms with Crippen molar-refractivity contribution in [1.29, 1.82) is 0 Å². The van der Waals surface area contributed by atoms with Gasteiger partial charge < -0.3 is 5.32 Å². The molecule has 2 aromatic rings. The van der Waals surface area contributed by atoms with Gasteiger partial charge in [-0.2, -0.15) is 0 Å². The number of aromatic nitrogens is 1. The molecule has 2 rings (SSSR count). The number of hydrogen-bond donors (Lipinski definition) is 2. The molecule has 0 unspecified atom stereocenters. The third kappa shape index (κ3) is 4.46. The normalized spacial score (nSPS) is 12.7. The zero-order valence-corrected chi connectivity index (χ0v) is 12.9. The van der Waals surface area contributed by atoms with E-state index in [1.54, 1.807) is 31.5 Å². The van der Waals surface area contributed by atoms with Gasteiger partial charge in [0.25, 0.3) is 0 Å². The van der Waals surface area contributed by atoms with Gasteiger partial charge in [0, 0.05) is 24.1 Å². The lowest BCUT2D eigenvalue weighted by atomic mass is 10.1. The van der Waals surface area contributed by atoms with Crippen molar-refractivity contribution in [3.05, 3.63) is 54.4 Å². The summed E-state index contributed by atoms with van der Waals surface area (Å²) >= 11 is 0. The van der Waals surface area contributed by atoms with Gasteiger partial charge in [-0.15, -0.1) is 0 Å². The number of benzene rings is 1. The molecular formula is C15H19N3O2S. The molecule has 0 amide bonds. The standard InChI is InChI=1S/C15H19N3O2S/c1-3-21(19,20)18-14-8-6-13(7-9-14)12(2)17-15-5-4-10-16-11-15/h4-12,17-18H,3H2,1-2H3/t12-/m0/s1. The van der Waals surface area contributed by atoms with Crippen molar-refractivity contribution in [1.82, 2.24) is 4.98 Å². The summed E-state index contributed by atoms with van der Waals surface area (Å²) in [4.78, 5) is 4.06. The lowest BCUT2D eigenvalue weighted by Gasteiger charge is -2.16. The van der Waals surface area contributed by atoms with E-state index >= 15 is 0 Å². The fourth-order valence-corrected chi connectivity index (χ4v) is 2.51. The Morgan fingerprint density at radius 2 is 1.86 bits per heavy atom. The summed E-state index contributed by atoms with van der Waals surface area (Å²) in [5, 5.41) is 3.34. The van der Waals surface area contributed by atoms with Gasteiger partial charge in [-0.05, 0) is 43.7 Å². The third-order valence-electron chi connectivity index (χ3n) is 3.11. The van der Waals surface area contributed by atoms with Gasteiger partial charge in [0.15, 0.2) is 0 Å². The smallest absolute Gasteiger partial charge is 0.232 e. The van der Waals surface area contributed by atoms with E-state index in [1.807, 2.05) is 31.2 Å². The minimum atomic E-state index is -3.23. The van der Waals surface area contributed by atoms with E-state index in [-0.39, 0.29) is 11.8 Å². The number of rotatable bonds is 6. The highest BCUT2D eigenvalue weighted by Gasteiger charge is 2.08. The maximum absolute atomic E-state index is 11.5. The summed E-state index contributed by atoms with van der Waals surface area (Å²) in [5.74, 6) is 0.0632. The molecule has 0 aliphatic heterocycles. The van der Waals surface area contributed by atoms with E-state index in [0.29, 0.717) is 5.69 Å². The second-order valence-corrected chi connectivity index (χ2v) is 6.75. The minimum absolute atomic E-state index is 0.0632. The van der Waals surface area contributed by atoms with Crippen LogP contribution in [-0.4, -0.2) is 19.2 Å². The summed E-state index contributed by atoms with van der Waals surface area (Å²) in [6, 6.07) is 11.3. The van der Waals surface area contributed by atoms with Crippen LogP contribution in [0.4, 0.5) is 11.4 Å². The van der Waals surface area contributed by atoms with Crippen LogP contribution >= 0.6 is 0 Å². The maximum atomic E-state index is 11.5. The quantitative estimate of drug-likeness (QED) is 0.860. The second-order valence-electron chi connectivity index (χ2n) is 4.74. The molecule has 0 radical (unpaired) electrons. The Labute approximate surface area is 125 Å². The van der Waals surface area contributed by atoms with Crippen LogP contribution < -0.4 is 10.0 Å². The lowest BCUT2D eigenvalue weighted by molar-refractivity contribution is 0.602. The topological polar surface area (TPSA) is 71.1 Å². The molecule has 0 spiro atoms. The monoisotopic (exact) mass is 305 g/mol. The van der Waals surface area contributed by atoms with Crippen LogP contribution in [0.25, 0.3) is 0 Å². The molecule has 0 aliphatic carbocycles. The average Bonchev–Trinajstić information content (AvgIpc) is 2.48. The number of nitrogens with one attached hydrogen (secondary N) is 2. The van der Waals surface area contributed by atoms with Gasteiger partial charge in [0.05, 0.1) is 11.4 Å². The summed E-state index contributed by atoms with van der Waals surface area (Å²) in [5.41, 5.74) is 2.59. The second kappa shape index (κ2) is 6.58. The number of nitrogens with zero attached hydrogens (tertiary/aromatic N) is 1. The highest BCUT2D eigenvalue weighted by molar-refractivity contribution is 7.92. The van der Waals surface area contributed by atoms with Gasteiger partial charge in [-0.3, -0.25) is 9.71 Å². The van der Waals surface area contributed by atoms with Crippen LogP contribution in [0.2, 0.25) is 0 Å². The van der Waals surface area contributed by atoms with E-state index in [2.05, 4.69) is 15.0 Å². The molecular weight excluding hydrogens is 286 g/mol. The molecule has 0 saturated heterocycles. The first-order chi connectivity index (χ1) is 10.00. The predicted octanol–water partition coefficient (Wildman–Crippen LogP) is 3.02. The van der Waals surface area contributed by atoms with E-state index in [1.165, 1.54) is 0 Å². The van der Waals surface area contributed by atoms with Crippen LogP contribution in [0.15, 0.2) is 48.8 Å². The van der Waals surface area contributed by atoms with Crippen molar-refractivity contribution in [3.63, 3.8) is 0 Å². The highest BCUT2D eigenvalue weighted by Crippen LogP contribution is 2.20. The summed E-state index contributed by atoms with van der Waals surface area (Å²) < 4.78 is 25.5. The SMILES string of the molecule is CCS(=O)(=O)Nc1ccc([C@H](C)Nc2cccnc2)cc1. The Morgan fingerprint density at radius 1 is 1.14 bits per heavy atom. The Bertz CT molecular complexity index is 670. The number of anilines is 2. The predicted molar refractivity (Wildman–Crippen MR) is 85.8 cm³/mol. The van der Waals surface area contributed by atoms with Crippen molar-refractivity contribution in [2.75, 3.05) is 15.8 Å². The van der Waals surface area contributed by atoms with Gasteiger partial charge in [0.2, 0.25) is 10.0 Å². The molecule has 1 atom stereocenters. The van der Waals surface area contributed by atoms with E-state index in [4.69, 9.17) is 0 Å². The minimum Gasteiger partial charge on any atom is -0.377 e. The molecule has 0 bridgehead atoms. The van der Waals surface area contributed by atoms with Crippen molar-refractivity contribution >= 4 is 21.4 Å². The maximum Gasteiger partial charge on any atom is 0.232 e. The van der Waals surface area contributed by atoms with Crippen molar-refractivity contribution in [2.45, 2.75) is 19.9 Å². The number of sulfonamides is 1. The first-order valence-electron chi connectivity index (χ1n) is 6.77.